The predicted molar refractivity (Wildman–Crippen MR) is 74.7 cm³/mol. The Morgan fingerprint density at radius 3 is 2.53 bits per heavy atom. The number of amides is 1. The number of hydrogen-bond acceptors (Lipinski definition) is 2. The third kappa shape index (κ3) is 5.21. The smallest absolute Gasteiger partial charge is 0.307 e. The summed E-state index contributed by atoms with van der Waals surface area (Å²) in [6.07, 6.45) is 4.29. The first-order valence-corrected chi connectivity index (χ1v) is 7.42. The molecule has 0 aliphatic heterocycles. The first kappa shape index (κ1) is 16.0. The van der Waals surface area contributed by atoms with E-state index in [9.17, 15) is 14.7 Å². The molecule has 0 heterocycles. The van der Waals surface area contributed by atoms with Crippen LogP contribution in [-0.4, -0.2) is 23.5 Å². The lowest BCUT2D eigenvalue weighted by molar-refractivity contribution is -0.149. The van der Waals surface area contributed by atoms with Crippen molar-refractivity contribution in [3.8, 4) is 0 Å². The van der Waals surface area contributed by atoms with Crippen molar-refractivity contribution < 1.29 is 14.7 Å². The highest BCUT2D eigenvalue weighted by atomic mass is 16.4. The summed E-state index contributed by atoms with van der Waals surface area (Å²) in [7, 11) is 0. The highest BCUT2D eigenvalue weighted by Crippen LogP contribution is 2.34. The summed E-state index contributed by atoms with van der Waals surface area (Å²) in [5.74, 6) is -0.654. The van der Waals surface area contributed by atoms with Crippen molar-refractivity contribution in [2.45, 2.75) is 52.9 Å². The second-order valence-electron chi connectivity index (χ2n) is 6.30. The van der Waals surface area contributed by atoms with Crippen molar-refractivity contribution in [1.29, 1.82) is 0 Å². The molecule has 4 nitrogen and oxygen atoms in total. The fourth-order valence-corrected chi connectivity index (χ4v) is 2.82. The monoisotopic (exact) mass is 269 g/mol. The number of rotatable bonds is 6. The predicted octanol–water partition coefficient (Wildman–Crippen LogP) is 2.68. The van der Waals surface area contributed by atoms with Crippen LogP contribution in [0, 0.1) is 23.7 Å². The molecule has 0 radical (unpaired) electrons. The molecule has 0 aromatic carbocycles. The fraction of sp³-hybridized carbons (Fsp3) is 0.867. The number of hydrogen-bond donors (Lipinski definition) is 2. The number of carboxylic acid groups (broad SMARTS) is 1. The van der Waals surface area contributed by atoms with Crippen LogP contribution in [0.15, 0.2) is 0 Å². The van der Waals surface area contributed by atoms with Crippen LogP contribution in [0.5, 0.6) is 0 Å². The Bertz CT molecular complexity index is 315. The van der Waals surface area contributed by atoms with Gasteiger partial charge in [-0.15, -0.1) is 0 Å². The quantitative estimate of drug-likeness (QED) is 0.729. The first-order valence-electron chi connectivity index (χ1n) is 7.42. The summed E-state index contributed by atoms with van der Waals surface area (Å²) >= 11 is 0. The Balaban J connectivity index is 2.45. The molecule has 0 aromatic rings. The molecular weight excluding hydrogens is 242 g/mol. The van der Waals surface area contributed by atoms with Crippen molar-refractivity contribution in [3.05, 3.63) is 0 Å². The van der Waals surface area contributed by atoms with Crippen LogP contribution in [0.4, 0.5) is 0 Å². The largest absolute Gasteiger partial charge is 0.481 e. The van der Waals surface area contributed by atoms with Gasteiger partial charge in [-0.25, -0.2) is 0 Å². The molecule has 19 heavy (non-hydrogen) atoms. The van der Waals surface area contributed by atoms with E-state index in [1.54, 1.807) is 0 Å². The lowest BCUT2D eigenvalue weighted by Crippen LogP contribution is -2.41. The van der Waals surface area contributed by atoms with E-state index in [1.165, 1.54) is 0 Å². The summed E-state index contributed by atoms with van der Waals surface area (Å²) in [4.78, 5) is 23.3. The summed E-state index contributed by atoms with van der Waals surface area (Å²) in [5.41, 5.74) is 0. The third-order valence-electron chi connectivity index (χ3n) is 4.02. The Morgan fingerprint density at radius 2 is 1.95 bits per heavy atom. The molecule has 1 amide bonds. The molecule has 3 unspecified atom stereocenters. The van der Waals surface area contributed by atoms with Gasteiger partial charge in [0, 0.05) is 6.54 Å². The van der Waals surface area contributed by atoms with Gasteiger partial charge in [0.2, 0.25) is 5.91 Å². The van der Waals surface area contributed by atoms with Gasteiger partial charge < -0.3 is 10.4 Å². The molecular formula is C15H27NO3. The zero-order valence-corrected chi connectivity index (χ0v) is 12.3. The minimum atomic E-state index is -0.825. The second kappa shape index (κ2) is 7.51. The zero-order valence-electron chi connectivity index (χ0n) is 12.3. The fourth-order valence-electron chi connectivity index (χ4n) is 2.82. The van der Waals surface area contributed by atoms with Gasteiger partial charge in [0.25, 0.3) is 0 Å². The summed E-state index contributed by atoms with van der Waals surface area (Å²) in [5, 5.41) is 12.1. The minimum Gasteiger partial charge on any atom is -0.481 e. The molecule has 110 valence electrons. The maximum Gasteiger partial charge on any atom is 0.307 e. The number of carboxylic acids is 1. The van der Waals surface area contributed by atoms with Gasteiger partial charge in [-0.3, -0.25) is 9.59 Å². The number of carbonyl (C=O) groups excluding carboxylic acids is 1. The van der Waals surface area contributed by atoms with Gasteiger partial charge in [-0.1, -0.05) is 20.8 Å². The van der Waals surface area contributed by atoms with E-state index in [0.717, 1.165) is 19.3 Å². The molecule has 0 aromatic heterocycles. The van der Waals surface area contributed by atoms with Crippen LogP contribution in [-0.2, 0) is 9.59 Å². The van der Waals surface area contributed by atoms with Gasteiger partial charge in [-0.2, -0.15) is 0 Å². The average molecular weight is 269 g/mol. The van der Waals surface area contributed by atoms with Crippen molar-refractivity contribution in [2.24, 2.45) is 23.7 Å². The van der Waals surface area contributed by atoms with Gasteiger partial charge in [0.15, 0.2) is 0 Å². The molecule has 0 saturated heterocycles. The first-order chi connectivity index (χ1) is 8.91. The maximum absolute atomic E-state index is 12.1. The average Bonchev–Trinajstić information content (AvgIpc) is 2.33. The molecule has 3 atom stereocenters. The van der Waals surface area contributed by atoms with Crippen LogP contribution in [0.1, 0.15) is 52.9 Å². The van der Waals surface area contributed by atoms with E-state index in [2.05, 4.69) is 26.1 Å². The minimum absolute atomic E-state index is 0.0669. The summed E-state index contributed by atoms with van der Waals surface area (Å²) < 4.78 is 0. The molecule has 1 aliphatic carbocycles. The lowest BCUT2D eigenvalue weighted by Gasteiger charge is -2.31. The zero-order chi connectivity index (χ0) is 14.4. The third-order valence-corrected chi connectivity index (χ3v) is 4.02. The van der Waals surface area contributed by atoms with Gasteiger partial charge in [-0.05, 0) is 43.9 Å². The van der Waals surface area contributed by atoms with E-state index in [0.29, 0.717) is 31.2 Å². The number of aliphatic carboxylic acids is 1. The molecule has 1 saturated carbocycles. The number of carbonyl (C=O) groups is 2. The van der Waals surface area contributed by atoms with Crippen molar-refractivity contribution in [1.82, 2.24) is 5.32 Å². The van der Waals surface area contributed by atoms with Crippen LogP contribution in [0.25, 0.3) is 0 Å². The van der Waals surface area contributed by atoms with Gasteiger partial charge >= 0.3 is 5.97 Å². The van der Waals surface area contributed by atoms with Crippen molar-refractivity contribution >= 4 is 11.9 Å². The number of nitrogens with one attached hydrogen (secondary N) is 1. The van der Waals surface area contributed by atoms with Crippen LogP contribution < -0.4 is 5.32 Å². The SMILES string of the molecule is CC(C)CCCNC(=O)C1CC(C)CCC1C(=O)O. The summed E-state index contributed by atoms with van der Waals surface area (Å²) in [6, 6.07) is 0. The normalized spacial score (nSPS) is 27.3. The summed E-state index contributed by atoms with van der Waals surface area (Å²) in [6.45, 7) is 7.07. The molecule has 1 aliphatic rings. The molecule has 0 bridgehead atoms. The molecule has 1 fully saturated rings. The highest BCUT2D eigenvalue weighted by Gasteiger charge is 2.37. The topological polar surface area (TPSA) is 66.4 Å². The molecule has 4 heteroatoms. The van der Waals surface area contributed by atoms with E-state index >= 15 is 0 Å². The molecule has 2 N–H and O–H groups in total. The van der Waals surface area contributed by atoms with Gasteiger partial charge in [0.1, 0.15) is 0 Å². The van der Waals surface area contributed by atoms with E-state index in [1.807, 2.05) is 0 Å². The van der Waals surface area contributed by atoms with Crippen LogP contribution in [0.3, 0.4) is 0 Å². The Kier molecular flexibility index (Phi) is 6.32. The Morgan fingerprint density at radius 1 is 1.26 bits per heavy atom. The van der Waals surface area contributed by atoms with E-state index < -0.39 is 11.9 Å². The Hall–Kier alpha value is -1.06. The lowest BCUT2D eigenvalue weighted by atomic mass is 9.74. The highest BCUT2D eigenvalue weighted by molar-refractivity contribution is 5.84. The molecule has 1 rings (SSSR count). The second-order valence-corrected chi connectivity index (χ2v) is 6.30. The van der Waals surface area contributed by atoms with Gasteiger partial charge in [0.05, 0.1) is 11.8 Å². The van der Waals surface area contributed by atoms with E-state index in [-0.39, 0.29) is 11.8 Å². The maximum atomic E-state index is 12.1. The standard InChI is InChI=1S/C15H27NO3/c1-10(2)5-4-8-16-14(17)13-9-11(3)6-7-12(13)15(18)19/h10-13H,4-9H2,1-3H3,(H,16,17)(H,18,19). The Labute approximate surface area is 116 Å². The molecule has 0 spiro atoms. The van der Waals surface area contributed by atoms with Crippen molar-refractivity contribution in [2.75, 3.05) is 6.54 Å². The van der Waals surface area contributed by atoms with E-state index in [4.69, 9.17) is 0 Å². The van der Waals surface area contributed by atoms with Crippen molar-refractivity contribution in [3.63, 3.8) is 0 Å². The van der Waals surface area contributed by atoms with Crippen LogP contribution in [0.2, 0.25) is 0 Å². The van der Waals surface area contributed by atoms with Crippen LogP contribution >= 0.6 is 0 Å².